The number of halogens is 1. The van der Waals surface area contributed by atoms with Crippen molar-refractivity contribution in [1.29, 1.82) is 0 Å². The summed E-state index contributed by atoms with van der Waals surface area (Å²) < 4.78 is 0. The predicted octanol–water partition coefficient (Wildman–Crippen LogP) is 5.86. The Labute approximate surface area is 118 Å². The van der Waals surface area contributed by atoms with Crippen molar-refractivity contribution in [2.75, 3.05) is 0 Å². The summed E-state index contributed by atoms with van der Waals surface area (Å²) in [6, 6.07) is 15.4. The largest absolute Gasteiger partial charge is 0.0838 e. The van der Waals surface area contributed by atoms with E-state index in [4.69, 9.17) is 0 Å². The molecule has 1 unspecified atom stereocenters. The van der Waals surface area contributed by atoms with E-state index in [1.807, 2.05) is 0 Å². The van der Waals surface area contributed by atoms with Gasteiger partial charge in [-0.2, -0.15) is 0 Å². The van der Waals surface area contributed by atoms with Crippen LogP contribution >= 0.6 is 15.9 Å². The molecule has 0 bridgehead atoms. The summed E-state index contributed by atoms with van der Waals surface area (Å²) in [5.74, 6) is 0.924. The predicted molar refractivity (Wildman–Crippen MR) is 82.2 cm³/mol. The van der Waals surface area contributed by atoms with E-state index in [1.165, 1.54) is 48.4 Å². The van der Waals surface area contributed by atoms with Crippen LogP contribution in [0.3, 0.4) is 0 Å². The number of hydrogen-bond donors (Lipinski definition) is 0. The van der Waals surface area contributed by atoms with Gasteiger partial charge in [0.2, 0.25) is 0 Å². The van der Waals surface area contributed by atoms with E-state index in [-0.39, 0.29) is 0 Å². The summed E-state index contributed by atoms with van der Waals surface area (Å²) >= 11 is 3.92. The summed E-state index contributed by atoms with van der Waals surface area (Å²) in [5, 5.41) is 2.76. The number of alkyl halides is 1. The van der Waals surface area contributed by atoms with E-state index in [0.717, 1.165) is 5.92 Å². The SMILES string of the molecule is BrC(CC1CCCC1)c1cccc2ccccc12. The number of rotatable bonds is 3. The van der Waals surface area contributed by atoms with Gasteiger partial charge in [0.25, 0.3) is 0 Å². The van der Waals surface area contributed by atoms with E-state index in [9.17, 15) is 0 Å². The standard InChI is InChI=1S/C17H19Br/c18-17(12-13-6-1-2-7-13)16-11-5-9-14-8-3-4-10-15(14)16/h3-5,8-11,13,17H,1-2,6-7,12H2. The van der Waals surface area contributed by atoms with Gasteiger partial charge in [0, 0.05) is 4.83 Å². The molecule has 0 saturated heterocycles. The summed E-state index contributed by atoms with van der Waals surface area (Å²) in [6.07, 6.45) is 6.99. The van der Waals surface area contributed by atoms with Gasteiger partial charge in [0.15, 0.2) is 0 Å². The molecule has 0 N–H and O–H groups in total. The van der Waals surface area contributed by atoms with E-state index in [2.05, 4.69) is 58.4 Å². The third-order valence-corrected chi connectivity index (χ3v) is 5.04. The van der Waals surface area contributed by atoms with Gasteiger partial charge in [0.05, 0.1) is 0 Å². The van der Waals surface area contributed by atoms with Gasteiger partial charge in [0.1, 0.15) is 0 Å². The Hall–Kier alpha value is -0.820. The quantitative estimate of drug-likeness (QED) is 0.623. The molecular weight excluding hydrogens is 284 g/mol. The molecule has 0 nitrogen and oxygen atoms in total. The minimum Gasteiger partial charge on any atom is -0.0838 e. The van der Waals surface area contributed by atoms with Crippen LogP contribution in [0.2, 0.25) is 0 Å². The van der Waals surface area contributed by atoms with E-state index in [1.54, 1.807) is 0 Å². The molecule has 2 aromatic carbocycles. The van der Waals surface area contributed by atoms with Gasteiger partial charge >= 0.3 is 0 Å². The first-order valence-electron chi connectivity index (χ1n) is 6.96. The van der Waals surface area contributed by atoms with Crippen molar-refractivity contribution < 1.29 is 0 Å². The molecule has 1 atom stereocenters. The highest BCUT2D eigenvalue weighted by atomic mass is 79.9. The minimum absolute atomic E-state index is 0.506. The number of hydrogen-bond acceptors (Lipinski definition) is 0. The molecule has 1 aliphatic carbocycles. The van der Waals surface area contributed by atoms with Gasteiger partial charge in [-0.3, -0.25) is 0 Å². The van der Waals surface area contributed by atoms with Crippen molar-refractivity contribution in [3.8, 4) is 0 Å². The zero-order valence-corrected chi connectivity index (χ0v) is 12.2. The number of fused-ring (bicyclic) bond motifs is 1. The Morgan fingerprint density at radius 1 is 1.00 bits per heavy atom. The Morgan fingerprint density at radius 2 is 1.72 bits per heavy atom. The summed E-state index contributed by atoms with van der Waals surface area (Å²) in [4.78, 5) is 0.506. The fourth-order valence-corrected chi connectivity index (χ4v) is 4.12. The minimum atomic E-state index is 0.506. The van der Waals surface area contributed by atoms with Crippen LogP contribution in [0.25, 0.3) is 10.8 Å². The first-order chi connectivity index (χ1) is 8.84. The second-order valence-electron chi connectivity index (χ2n) is 5.42. The van der Waals surface area contributed by atoms with Crippen LogP contribution in [-0.4, -0.2) is 0 Å². The topological polar surface area (TPSA) is 0 Å². The Kier molecular flexibility index (Phi) is 3.69. The van der Waals surface area contributed by atoms with Gasteiger partial charge in [-0.25, -0.2) is 0 Å². The van der Waals surface area contributed by atoms with Gasteiger partial charge in [-0.05, 0) is 28.7 Å². The Balaban J connectivity index is 1.88. The second kappa shape index (κ2) is 5.44. The maximum atomic E-state index is 3.92. The molecular formula is C17H19Br. The monoisotopic (exact) mass is 302 g/mol. The molecule has 1 aliphatic rings. The molecule has 1 saturated carbocycles. The zero-order valence-electron chi connectivity index (χ0n) is 10.6. The first kappa shape index (κ1) is 12.2. The van der Waals surface area contributed by atoms with Crippen LogP contribution in [-0.2, 0) is 0 Å². The van der Waals surface area contributed by atoms with E-state index >= 15 is 0 Å². The molecule has 0 heterocycles. The van der Waals surface area contributed by atoms with Crippen LogP contribution in [0.1, 0.15) is 42.5 Å². The van der Waals surface area contributed by atoms with Crippen LogP contribution in [0.5, 0.6) is 0 Å². The molecule has 0 aromatic heterocycles. The molecule has 94 valence electrons. The molecule has 18 heavy (non-hydrogen) atoms. The third kappa shape index (κ3) is 2.47. The molecule has 0 spiro atoms. The Morgan fingerprint density at radius 3 is 2.56 bits per heavy atom. The highest BCUT2D eigenvalue weighted by Gasteiger charge is 2.20. The van der Waals surface area contributed by atoms with Crippen molar-refractivity contribution >= 4 is 26.7 Å². The van der Waals surface area contributed by atoms with Crippen molar-refractivity contribution in [3.05, 3.63) is 48.0 Å². The smallest absolute Gasteiger partial charge is 0.0404 e. The normalized spacial score (nSPS) is 18.3. The van der Waals surface area contributed by atoms with Gasteiger partial charge in [-0.15, -0.1) is 0 Å². The maximum absolute atomic E-state index is 3.92. The van der Waals surface area contributed by atoms with Crippen LogP contribution in [0, 0.1) is 5.92 Å². The van der Waals surface area contributed by atoms with Crippen molar-refractivity contribution in [1.82, 2.24) is 0 Å². The fraction of sp³-hybridized carbons (Fsp3) is 0.412. The molecule has 1 fully saturated rings. The lowest BCUT2D eigenvalue weighted by Crippen LogP contribution is -2.00. The lowest BCUT2D eigenvalue weighted by Gasteiger charge is -2.17. The van der Waals surface area contributed by atoms with Gasteiger partial charge in [-0.1, -0.05) is 84.1 Å². The second-order valence-corrected chi connectivity index (χ2v) is 6.53. The summed E-state index contributed by atoms with van der Waals surface area (Å²) in [6.45, 7) is 0. The van der Waals surface area contributed by atoms with Crippen LogP contribution in [0.15, 0.2) is 42.5 Å². The highest BCUT2D eigenvalue weighted by molar-refractivity contribution is 9.09. The van der Waals surface area contributed by atoms with Crippen LogP contribution < -0.4 is 0 Å². The zero-order chi connectivity index (χ0) is 12.4. The first-order valence-corrected chi connectivity index (χ1v) is 7.88. The van der Waals surface area contributed by atoms with Crippen molar-refractivity contribution in [3.63, 3.8) is 0 Å². The summed E-state index contributed by atoms with van der Waals surface area (Å²) in [7, 11) is 0. The lowest BCUT2D eigenvalue weighted by atomic mass is 9.95. The van der Waals surface area contributed by atoms with Gasteiger partial charge < -0.3 is 0 Å². The molecule has 0 radical (unpaired) electrons. The Bertz CT molecular complexity index is 521. The van der Waals surface area contributed by atoms with Crippen LogP contribution in [0.4, 0.5) is 0 Å². The lowest BCUT2D eigenvalue weighted by molar-refractivity contribution is 0.502. The average Bonchev–Trinajstić information content (AvgIpc) is 2.91. The molecule has 0 amide bonds. The molecule has 2 aromatic rings. The molecule has 3 rings (SSSR count). The van der Waals surface area contributed by atoms with Crippen molar-refractivity contribution in [2.45, 2.75) is 36.9 Å². The third-order valence-electron chi connectivity index (χ3n) is 4.18. The maximum Gasteiger partial charge on any atom is 0.0404 e. The molecule has 0 aliphatic heterocycles. The summed E-state index contributed by atoms with van der Waals surface area (Å²) in [5.41, 5.74) is 1.46. The number of benzene rings is 2. The highest BCUT2D eigenvalue weighted by Crippen LogP contribution is 2.39. The van der Waals surface area contributed by atoms with Crippen molar-refractivity contribution in [2.24, 2.45) is 5.92 Å². The van der Waals surface area contributed by atoms with E-state index in [0.29, 0.717) is 4.83 Å². The fourth-order valence-electron chi connectivity index (χ4n) is 3.19. The molecule has 1 heteroatoms. The van der Waals surface area contributed by atoms with E-state index < -0.39 is 0 Å². The average molecular weight is 303 g/mol.